The number of anilines is 2. The highest BCUT2D eigenvalue weighted by Crippen LogP contribution is 2.29. The zero-order valence-corrected chi connectivity index (χ0v) is 24.7. The van der Waals surface area contributed by atoms with Crippen LogP contribution in [0.3, 0.4) is 0 Å². The number of halogens is 1. The Labute approximate surface area is 253 Å². The maximum Gasteiger partial charge on any atom is 0.418 e. The van der Waals surface area contributed by atoms with Gasteiger partial charge < -0.3 is 24.8 Å². The maximum atomic E-state index is 14.9. The number of ether oxygens (including phenoxy) is 2. The van der Waals surface area contributed by atoms with E-state index >= 15 is 0 Å². The lowest BCUT2D eigenvalue weighted by Gasteiger charge is -2.35. The summed E-state index contributed by atoms with van der Waals surface area (Å²) < 4.78 is 27.5. The van der Waals surface area contributed by atoms with Crippen molar-refractivity contribution in [3.05, 3.63) is 60.7 Å². The number of nitriles is 1. The first-order valence-electron chi connectivity index (χ1n) is 14.0. The lowest BCUT2D eigenvalue weighted by Crippen LogP contribution is -2.51. The number of benzene rings is 2. The number of likely N-dealkylation sites (tertiary alicyclic amines) is 1. The Morgan fingerprint density at radius 1 is 1.16 bits per heavy atom. The van der Waals surface area contributed by atoms with Crippen LogP contribution in [-0.4, -0.2) is 78.6 Å². The fraction of sp³-hybridized carbons (Fsp3) is 0.355. The third-order valence-electron chi connectivity index (χ3n) is 6.86. The summed E-state index contributed by atoms with van der Waals surface area (Å²) in [4.78, 5) is 38.7. The first-order valence-corrected chi connectivity index (χ1v) is 14.0. The van der Waals surface area contributed by atoms with Gasteiger partial charge in [-0.25, -0.2) is 19.2 Å². The van der Waals surface area contributed by atoms with Crippen LogP contribution in [-0.2, 0) is 9.53 Å². The van der Waals surface area contributed by atoms with Crippen molar-refractivity contribution in [2.45, 2.75) is 58.1 Å². The molecule has 44 heavy (non-hydrogen) atoms. The molecule has 0 saturated carbocycles. The highest BCUT2D eigenvalue weighted by Gasteiger charge is 2.34. The number of hydrogen-bond donors (Lipinski definition) is 2. The molecule has 2 aromatic carbocycles. The van der Waals surface area contributed by atoms with Gasteiger partial charge in [-0.05, 0) is 58.0 Å². The molecule has 1 saturated heterocycles. The van der Waals surface area contributed by atoms with Crippen LogP contribution in [0, 0.1) is 11.3 Å². The second-order valence-electron chi connectivity index (χ2n) is 11.5. The van der Waals surface area contributed by atoms with Crippen LogP contribution in [0.15, 0.2) is 55.1 Å². The number of fused-ring (bicyclic) bond motifs is 1. The molecule has 0 radical (unpaired) electrons. The van der Waals surface area contributed by atoms with Gasteiger partial charge >= 0.3 is 6.09 Å². The van der Waals surface area contributed by atoms with Gasteiger partial charge in [-0.3, -0.25) is 9.36 Å². The van der Waals surface area contributed by atoms with Gasteiger partial charge in [0.25, 0.3) is 5.91 Å². The normalized spacial score (nSPS) is 17.5. The second kappa shape index (κ2) is 12.3. The molecule has 1 aliphatic rings. The molecule has 1 fully saturated rings. The molecule has 3 atom stereocenters. The number of carbonyl (C=O) groups excluding carboxylic acids is 2. The molecule has 5 rings (SSSR count). The van der Waals surface area contributed by atoms with Gasteiger partial charge in [0.1, 0.15) is 36.0 Å². The zero-order valence-electron chi connectivity index (χ0n) is 24.7. The first kappa shape index (κ1) is 30.4. The number of piperidine rings is 1. The molecular formula is C31H32FN7O5. The van der Waals surface area contributed by atoms with Crippen molar-refractivity contribution in [3.8, 4) is 23.2 Å². The fourth-order valence-electron chi connectivity index (χ4n) is 4.77. The van der Waals surface area contributed by atoms with E-state index in [1.807, 2.05) is 18.2 Å². The van der Waals surface area contributed by atoms with E-state index < -0.39 is 36.0 Å². The summed E-state index contributed by atoms with van der Waals surface area (Å²) in [5, 5.41) is 24.1. The SMILES string of the molecule is C[C@H](O)C(=O)N1CC[C@H](Oc2ccc(-c3ncnc(Nc4ccc5cn(C(=O)OC(C)(C)C)cc5c4)n3)cc2C#N)[C@H](F)C1. The minimum absolute atomic E-state index is 0.173. The zero-order chi connectivity index (χ0) is 31.6. The minimum atomic E-state index is -1.48. The predicted molar refractivity (Wildman–Crippen MR) is 159 cm³/mol. The van der Waals surface area contributed by atoms with Crippen molar-refractivity contribution in [1.29, 1.82) is 5.26 Å². The van der Waals surface area contributed by atoms with Gasteiger partial charge in [-0.1, -0.05) is 6.07 Å². The van der Waals surface area contributed by atoms with Crippen LogP contribution >= 0.6 is 0 Å². The smallest absolute Gasteiger partial charge is 0.418 e. The van der Waals surface area contributed by atoms with Crippen LogP contribution in [0.4, 0.5) is 20.8 Å². The quantitative estimate of drug-likeness (QED) is 0.321. The summed E-state index contributed by atoms with van der Waals surface area (Å²) in [7, 11) is 0. The van der Waals surface area contributed by atoms with E-state index in [9.17, 15) is 24.3 Å². The Balaban J connectivity index is 1.29. The lowest BCUT2D eigenvalue weighted by atomic mass is 10.0. The van der Waals surface area contributed by atoms with Gasteiger partial charge in [0.15, 0.2) is 12.0 Å². The summed E-state index contributed by atoms with van der Waals surface area (Å²) in [6, 6.07) is 12.4. The Kier molecular flexibility index (Phi) is 8.46. The van der Waals surface area contributed by atoms with Crippen molar-refractivity contribution in [3.63, 3.8) is 0 Å². The van der Waals surface area contributed by atoms with E-state index in [1.54, 1.807) is 51.4 Å². The summed E-state index contributed by atoms with van der Waals surface area (Å²) >= 11 is 0. The van der Waals surface area contributed by atoms with Crippen molar-refractivity contribution in [2.75, 3.05) is 18.4 Å². The van der Waals surface area contributed by atoms with E-state index in [1.165, 1.54) is 22.7 Å². The number of alkyl halides is 1. The first-order chi connectivity index (χ1) is 20.9. The van der Waals surface area contributed by atoms with Gasteiger partial charge in [0.05, 0.1) is 12.1 Å². The molecule has 4 aromatic rings. The molecule has 0 bridgehead atoms. The Morgan fingerprint density at radius 2 is 1.93 bits per heavy atom. The fourth-order valence-corrected chi connectivity index (χ4v) is 4.77. The molecule has 1 amide bonds. The molecule has 0 unspecified atom stereocenters. The van der Waals surface area contributed by atoms with Crippen molar-refractivity contribution in [2.24, 2.45) is 0 Å². The lowest BCUT2D eigenvalue weighted by molar-refractivity contribution is -0.143. The molecule has 0 spiro atoms. The number of aliphatic hydroxyl groups is 1. The highest BCUT2D eigenvalue weighted by molar-refractivity contribution is 5.89. The number of amides is 1. The molecule has 13 heteroatoms. The Bertz CT molecular complexity index is 1740. The van der Waals surface area contributed by atoms with E-state index in [4.69, 9.17) is 9.47 Å². The average Bonchev–Trinajstić information content (AvgIpc) is 3.41. The molecule has 1 aliphatic heterocycles. The molecule has 2 N–H and O–H groups in total. The van der Waals surface area contributed by atoms with Crippen LogP contribution < -0.4 is 10.1 Å². The van der Waals surface area contributed by atoms with E-state index in [0.717, 1.165) is 10.8 Å². The molecular weight excluding hydrogens is 569 g/mol. The summed E-state index contributed by atoms with van der Waals surface area (Å²) in [6.07, 6.45) is 0.931. The monoisotopic (exact) mass is 601 g/mol. The summed E-state index contributed by atoms with van der Waals surface area (Å²) in [5.74, 6) is 0.241. The number of nitrogens with zero attached hydrogens (tertiary/aromatic N) is 6. The Morgan fingerprint density at radius 3 is 2.64 bits per heavy atom. The molecule has 3 heterocycles. The van der Waals surface area contributed by atoms with Crippen LogP contribution in [0.25, 0.3) is 22.2 Å². The van der Waals surface area contributed by atoms with Crippen LogP contribution in [0.2, 0.25) is 0 Å². The third kappa shape index (κ3) is 6.92. The number of carbonyl (C=O) groups is 2. The number of rotatable bonds is 6. The number of hydrogen-bond acceptors (Lipinski definition) is 10. The highest BCUT2D eigenvalue weighted by atomic mass is 19.1. The average molecular weight is 602 g/mol. The number of aliphatic hydroxyl groups excluding tert-OH is 1. The van der Waals surface area contributed by atoms with Crippen molar-refractivity contribution >= 4 is 34.4 Å². The molecule has 0 aliphatic carbocycles. The second-order valence-corrected chi connectivity index (χ2v) is 11.5. The third-order valence-corrected chi connectivity index (χ3v) is 6.86. The topological polar surface area (TPSA) is 155 Å². The Hall–Kier alpha value is -5.09. The number of aromatic nitrogens is 4. The van der Waals surface area contributed by atoms with Gasteiger partial charge in [-0.15, -0.1) is 0 Å². The molecule has 2 aromatic heterocycles. The van der Waals surface area contributed by atoms with Gasteiger partial charge in [0, 0.05) is 47.4 Å². The van der Waals surface area contributed by atoms with Crippen LogP contribution in [0.5, 0.6) is 5.75 Å². The van der Waals surface area contributed by atoms with Gasteiger partial charge in [-0.2, -0.15) is 10.2 Å². The standard InChI is InChI=1S/C31H32FN7O5/c1-18(40)28(41)38-10-9-26(24(32)16-38)43-25-8-6-19(11-21(25)13-33)27-34-17-35-29(37-27)36-23-7-5-20-14-39(15-22(20)12-23)30(42)44-31(2,3)4/h5-8,11-12,14-15,17-18,24,26,40H,9-10,16H2,1-4H3,(H,34,35,36,37)/t18-,24+,26-/m0/s1. The van der Waals surface area contributed by atoms with E-state index in [-0.39, 0.29) is 36.8 Å². The van der Waals surface area contributed by atoms with Gasteiger partial charge in [0.2, 0.25) is 5.95 Å². The van der Waals surface area contributed by atoms with Crippen LogP contribution in [0.1, 0.15) is 39.7 Å². The minimum Gasteiger partial charge on any atom is -0.486 e. The maximum absolute atomic E-state index is 14.9. The summed E-state index contributed by atoms with van der Waals surface area (Å²) in [5.41, 5.74) is 0.765. The number of nitrogens with one attached hydrogen (secondary N) is 1. The van der Waals surface area contributed by atoms with E-state index in [2.05, 4.69) is 26.3 Å². The van der Waals surface area contributed by atoms with E-state index in [0.29, 0.717) is 17.1 Å². The van der Waals surface area contributed by atoms with Crippen molar-refractivity contribution < 1.29 is 28.6 Å². The molecule has 228 valence electrons. The summed E-state index contributed by atoms with van der Waals surface area (Å²) in [6.45, 7) is 6.80. The predicted octanol–water partition coefficient (Wildman–Crippen LogP) is 4.59. The largest absolute Gasteiger partial charge is 0.486 e. The molecule has 12 nitrogen and oxygen atoms in total. The van der Waals surface area contributed by atoms with Crippen molar-refractivity contribution in [1.82, 2.24) is 24.4 Å².